The predicted molar refractivity (Wildman–Crippen MR) is 121 cm³/mol. The van der Waals surface area contributed by atoms with Gasteiger partial charge in [-0.3, -0.25) is 10.4 Å². The zero-order chi connectivity index (χ0) is 20.8. The SMILES string of the molecule is CN/C=C(\C(=N)Br)C1=CC2C(=CC=C(N/C(N)=C/C(=C\N)C(C)C)N2C)N=C1. The highest BCUT2D eigenvalue weighted by atomic mass is 79.9. The average molecular weight is 446 g/mol. The third-order valence-electron chi connectivity index (χ3n) is 4.49. The summed E-state index contributed by atoms with van der Waals surface area (Å²) in [6, 6.07) is -0.0676. The number of dihydropyridines is 1. The van der Waals surface area contributed by atoms with Crippen molar-refractivity contribution < 1.29 is 0 Å². The number of hydrogen-bond acceptors (Lipinski definition) is 7. The molecule has 0 amide bonds. The molecular weight excluding hydrogens is 418 g/mol. The second kappa shape index (κ2) is 9.45. The first-order valence-corrected chi connectivity index (χ1v) is 9.76. The minimum Gasteiger partial charge on any atom is -0.404 e. The van der Waals surface area contributed by atoms with Crippen molar-refractivity contribution in [3.63, 3.8) is 0 Å². The third-order valence-corrected chi connectivity index (χ3v) is 4.92. The third kappa shape index (κ3) is 4.95. The fourth-order valence-corrected chi connectivity index (χ4v) is 3.22. The van der Waals surface area contributed by atoms with E-state index in [0.717, 1.165) is 28.2 Å². The normalized spacial score (nSPS) is 20.4. The molecule has 2 rings (SSSR count). The van der Waals surface area contributed by atoms with Crippen LogP contribution in [0.1, 0.15) is 13.8 Å². The van der Waals surface area contributed by atoms with Gasteiger partial charge in [0.2, 0.25) is 0 Å². The van der Waals surface area contributed by atoms with Crippen LogP contribution >= 0.6 is 15.9 Å². The Kier molecular flexibility index (Phi) is 7.28. The van der Waals surface area contributed by atoms with Crippen LogP contribution in [0.4, 0.5) is 0 Å². The monoisotopic (exact) mass is 445 g/mol. The molecule has 0 radical (unpaired) electrons. The van der Waals surface area contributed by atoms with Crippen LogP contribution in [0.3, 0.4) is 0 Å². The van der Waals surface area contributed by atoms with Gasteiger partial charge in [-0.15, -0.1) is 0 Å². The maximum atomic E-state index is 7.94. The minimum atomic E-state index is -0.0676. The molecule has 7 nitrogen and oxygen atoms in total. The van der Waals surface area contributed by atoms with Crippen molar-refractivity contribution in [3.05, 3.63) is 70.8 Å². The summed E-state index contributed by atoms with van der Waals surface area (Å²) in [6.07, 6.45) is 13.0. The zero-order valence-corrected chi connectivity index (χ0v) is 18.2. The molecule has 0 spiro atoms. The number of fused-ring (bicyclic) bond motifs is 1. The second-order valence-corrected chi connectivity index (χ2v) is 7.58. The van der Waals surface area contributed by atoms with Gasteiger partial charge in [-0.2, -0.15) is 0 Å². The Morgan fingerprint density at radius 3 is 2.68 bits per heavy atom. The lowest BCUT2D eigenvalue weighted by molar-refractivity contribution is 0.356. The molecule has 1 atom stereocenters. The largest absolute Gasteiger partial charge is 0.404 e. The number of nitrogens with two attached hydrogens (primary N) is 2. The highest BCUT2D eigenvalue weighted by molar-refractivity contribution is 9.18. The van der Waals surface area contributed by atoms with Gasteiger partial charge in [-0.1, -0.05) is 13.8 Å². The van der Waals surface area contributed by atoms with Gasteiger partial charge >= 0.3 is 0 Å². The number of allylic oxidation sites excluding steroid dienone is 6. The van der Waals surface area contributed by atoms with E-state index in [1.165, 1.54) is 0 Å². The van der Waals surface area contributed by atoms with Gasteiger partial charge in [-0.05, 0) is 57.9 Å². The molecule has 0 saturated heterocycles. The van der Waals surface area contributed by atoms with E-state index in [2.05, 4.69) is 56.4 Å². The summed E-state index contributed by atoms with van der Waals surface area (Å²) >= 11 is 3.25. The summed E-state index contributed by atoms with van der Waals surface area (Å²) in [5, 5.41) is 14.1. The van der Waals surface area contributed by atoms with Crippen LogP contribution in [0.5, 0.6) is 0 Å². The molecule has 28 heavy (non-hydrogen) atoms. The molecule has 0 aromatic heterocycles. The molecule has 7 N–H and O–H groups in total. The molecule has 1 unspecified atom stereocenters. The van der Waals surface area contributed by atoms with Gasteiger partial charge < -0.3 is 27.0 Å². The van der Waals surface area contributed by atoms with Crippen LogP contribution in [-0.4, -0.2) is 35.9 Å². The molecule has 2 heterocycles. The Morgan fingerprint density at radius 1 is 1.39 bits per heavy atom. The van der Waals surface area contributed by atoms with Gasteiger partial charge in [0.05, 0.1) is 11.7 Å². The van der Waals surface area contributed by atoms with E-state index in [1.807, 2.05) is 25.3 Å². The van der Waals surface area contributed by atoms with E-state index in [4.69, 9.17) is 16.9 Å². The van der Waals surface area contributed by atoms with E-state index in [9.17, 15) is 0 Å². The van der Waals surface area contributed by atoms with Crippen LogP contribution in [0.2, 0.25) is 0 Å². The summed E-state index contributed by atoms with van der Waals surface area (Å²) in [4.78, 5) is 6.62. The van der Waals surface area contributed by atoms with Crippen molar-refractivity contribution in [2.24, 2.45) is 22.4 Å². The Morgan fingerprint density at radius 2 is 2.11 bits per heavy atom. The fraction of sp³-hybridized carbons (Fsp3) is 0.300. The molecule has 0 aliphatic carbocycles. The Hall–Kier alpha value is -2.74. The smallest absolute Gasteiger partial charge is 0.107 e. The number of nitrogens with one attached hydrogen (secondary N) is 3. The Bertz CT molecular complexity index is 841. The van der Waals surface area contributed by atoms with Gasteiger partial charge in [0.1, 0.15) is 16.3 Å². The van der Waals surface area contributed by atoms with E-state index in [1.54, 1.807) is 25.7 Å². The van der Waals surface area contributed by atoms with Crippen LogP contribution in [0.25, 0.3) is 0 Å². The first kappa shape index (κ1) is 21.6. The summed E-state index contributed by atoms with van der Waals surface area (Å²) < 4.78 is 0.293. The van der Waals surface area contributed by atoms with Crippen molar-refractivity contribution in [2.75, 3.05) is 14.1 Å². The maximum Gasteiger partial charge on any atom is 0.107 e. The number of rotatable bonds is 7. The van der Waals surface area contributed by atoms with Crippen LogP contribution in [0, 0.1) is 11.3 Å². The van der Waals surface area contributed by atoms with Crippen molar-refractivity contribution in [1.29, 1.82) is 5.41 Å². The lowest BCUT2D eigenvalue weighted by Gasteiger charge is -2.35. The topological polar surface area (TPSA) is 116 Å². The average Bonchev–Trinajstić information content (AvgIpc) is 2.65. The summed E-state index contributed by atoms with van der Waals surface area (Å²) in [5.41, 5.74) is 15.3. The van der Waals surface area contributed by atoms with Crippen LogP contribution in [-0.2, 0) is 0 Å². The van der Waals surface area contributed by atoms with Crippen molar-refractivity contribution >= 4 is 26.8 Å². The molecule has 150 valence electrons. The fourth-order valence-electron chi connectivity index (χ4n) is 2.88. The molecule has 2 aliphatic heterocycles. The minimum absolute atomic E-state index is 0.0676. The maximum absolute atomic E-state index is 7.94. The van der Waals surface area contributed by atoms with Gasteiger partial charge in [0.25, 0.3) is 0 Å². The number of hydrogen-bond donors (Lipinski definition) is 5. The van der Waals surface area contributed by atoms with E-state index in [0.29, 0.717) is 10.4 Å². The van der Waals surface area contributed by atoms with Crippen molar-refractivity contribution in [1.82, 2.24) is 15.5 Å². The molecule has 0 fully saturated rings. The lowest BCUT2D eigenvalue weighted by Crippen LogP contribution is -2.40. The summed E-state index contributed by atoms with van der Waals surface area (Å²) in [7, 11) is 3.78. The number of nitrogens with zero attached hydrogens (tertiary/aromatic N) is 2. The lowest BCUT2D eigenvalue weighted by atomic mass is 9.98. The molecule has 0 aromatic rings. The first-order valence-electron chi connectivity index (χ1n) is 8.97. The van der Waals surface area contributed by atoms with Crippen molar-refractivity contribution in [3.8, 4) is 0 Å². The molecule has 0 aromatic carbocycles. The van der Waals surface area contributed by atoms with E-state index in [-0.39, 0.29) is 12.0 Å². The number of halogens is 1. The van der Waals surface area contributed by atoms with E-state index >= 15 is 0 Å². The molecular formula is C20H28BrN7. The highest BCUT2D eigenvalue weighted by Crippen LogP contribution is 2.28. The number of aliphatic imine (C=N–C) groups is 1. The molecule has 0 bridgehead atoms. The Balaban J connectivity index is 2.27. The second-order valence-electron chi connectivity index (χ2n) is 6.79. The van der Waals surface area contributed by atoms with E-state index < -0.39 is 0 Å². The molecule has 8 heteroatoms. The summed E-state index contributed by atoms with van der Waals surface area (Å²) in [6.45, 7) is 4.13. The number of likely N-dealkylation sites (N-methyl/N-ethyl adjacent to an activating group) is 1. The van der Waals surface area contributed by atoms with Gasteiger partial charge in [0, 0.05) is 37.7 Å². The van der Waals surface area contributed by atoms with Crippen molar-refractivity contribution in [2.45, 2.75) is 19.9 Å². The zero-order valence-electron chi connectivity index (χ0n) is 16.6. The Labute approximate surface area is 175 Å². The predicted octanol–water partition coefficient (Wildman–Crippen LogP) is 2.40. The van der Waals surface area contributed by atoms with Gasteiger partial charge in [-0.25, -0.2) is 0 Å². The summed E-state index contributed by atoms with van der Waals surface area (Å²) in [5.74, 6) is 1.65. The quantitative estimate of drug-likeness (QED) is 0.304. The van der Waals surface area contributed by atoms with Crippen LogP contribution < -0.4 is 22.1 Å². The highest BCUT2D eigenvalue weighted by Gasteiger charge is 2.26. The van der Waals surface area contributed by atoms with Crippen LogP contribution in [0.15, 0.2) is 75.8 Å². The standard InChI is InChI=1S/C20H28BrN7/c1-12(2)13(9-22)8-18(23)27-19-6-5-16-17(28(19)4)7-14(10-26-16)15(11-25-3)20(21)24/h5-12,17,24-25,27H,22-23H2,1-4H3/b13-9+,15-11-,18-8+,24-20?. The molecule has 2 aliphatic rings. The van der Waals surface area contributed by atoms with Gasteiger partial charge in [0.15, 0.2) is 0 Å². The first-order chi connectivity index (χ1) is 13.3. The molecule has 0 saturated carbocycles.